The second kappa shape index (κ2) is 4.16. The lowest BCUT2D eigenvalue weighted by molar-refractivity contribution is -0.153. The first kappa shape index (κ1) is 12.7. The second-order valence-electron chi connectivity index (χ2n) is 4.75. The minimum atomic E-state index is -0.886. The van der Waals surface area contributed by atoms with E-state index in [0.29, 0.717) is 0 Å². The van der Waals surface area contributed by atoms with Crippen LogP contribution in [0.2, 0.25) is 0 Å². The van der Waals surface area contributed by atoms with Crippen LogP contribution in [0.1, 0.15) is 26.7 Å². The van der Waals surface area contributed by atoms with E-state index < -0.39 is 29.9 Å². The van der Waals surface area contributed by atoms with Crippen molar-refractivity contribution in [1.82, 2.24) is 9.80 Å². The van der Waals surface area contributed by atoms with Crippen molar-refractivity contribution in [2.45, 2.75) is 38.9 Å². The van der Waals surface area contributed by atoms with E-state index in [4.69, 9.17) is 5.73 Å². The van der Waals surface area contributed by atoms with Crippen LogP contribution in [0.4, 0.5) is 0 Å². The van der Waals surface area contributed by atoms with Gasteiger partial charge in [0.15, 0.2) is 0 Å². The summed E-state index contributed by atoms with van der Waals surface area (Å²) in [6, 6.07) is -0.870. The number of likely N-dealkylation sites (tertiary alicyclic amines) is 2. The molecule has 0 saturated carbocycles. The lowest BCUT2D eigenvalue weighted by atomic mass is 10.1. The molecule has 0 aromatic carbocycles. The van der Waals surface area contributed by atoms with Gasteiger partial charge in [0.2, 0.25) is 23.6 Å². The fraction of sp³-hybridized carbons (Fsp3) is 0.636. The molecule has 0 aromatic heterocycles. The van der Waals surface area contributed by atoms with Crippen molar-refractivity contribution >= 4 is 23.6 Å². The highest BCUT2D eigenvalue weighted by molar-refractivity contribution is 6.08. The maximum absolute atomic E-state index is 11.8. The van der Waals surface area contributed by atoms with Crippen molar-refractivity contribution in [3.63, 3.8) is 0 Å². The summed E-state index contributed by atoms with van der Waals surface area (Å²) in [6.45, 7) is 3.13. The average molecular weight is 253 g/mol. The summed E-state index contributed by atoms with van der Waals surface area (Å²) in [5, 5.41) is 0. The minimum Gasteiger partial charge on any atom is -0.319 e. The lowest BCUT2D eigenvalue weighted by Crippen LogP contribution is -2.52. The molecule has 0 aliphatic carbocycles. The molecule has 2 heterocycles. The highest BCUT2D eigenvalue weighted by atomic mass is 16.2. The van der Waals surface area contributed by atoms with Gasteiger partial charge in [0.1, 0.15) is 6.17 Å². The standard InChI is InChI=1S/C11H15N3O4/c1-5-3-8(15)13(10(5)17)6(2)14-9(16)4-7(12)11(14)18/h5-7H,3-4,12H2,1-2H3. The van der Waals surface area contributed by atoms with Crippen LogP contribution in [0.5, 0.6) is 0 Å². The number of amides is 4. The zero-order valence-corrected chi connectivity index (χ0v) is 10.3. The van der Waals surface area contributed by atoms with Gasteiger partial charge >= 0.3 is 0 Å². The zero-order valence-electron chi connectivity index (χ0n) is 10.3. The summed E-state index contributed by atoms with van der Waals surface area (Å²) in [5.74, 6) is -2.09. The summed E-state index contributed by atoms with van der Waals surface area (Å²) in [7, 11) is 0. The maximum atomic E-state index is 11.8. The fourth-order valence-electron chi connectivity index (χ4n) is 2.38. The molecular formula is C11H15N3O4. The van der Waals surface area contributed by atoms with E-state index in [0.717, 1.165) is 9.80 Å². The van der Waals surface area contributed by atoms with Crippen molar-refractivity contribution in [3.8, 4) is 0 Å². The van der Waals surface area contributed by atoms with Crippen molar-refractivity contribution in [2.75, 3.05) is 0 Å². The Morgan fingerprint density at radius 3 is 1.94 bits per heavy atom. The summed E-state index contributed by atoms with van der Waals surface area (Å²) in [6.07, 6.45) is -0.844. The molecule has 0 bridgehead atoms. The molecule has 0 aromatic rings. The van der Waals surface area contributed by atoms with Crippen LogP contribution < -0.4 is 5.73 Å². The molecule has 4 amide bonds. The molecule has 2 saturated heterocycles. The molecule has 7 nitrogen and oxygen atoms in total. The number of nitrogens with two attached hydrogens (primary N) is 1. The third-order valence-electron chi connectivity index (χ3n) is 3.37. The van der Waals surface area contributed by atoms with Gasteiger partial charge in [-0.15, -0.1) is 0 Å². The molecule has 98 valence electrons. The summed E-state index contributed by atoms with van der Waals surface area (Å²) >= 11 is 0. The van der Waals surface area contributed by atoms with Gasteiger partial charge in [0.25, 0.3) is 0 Å². The Morgan fingerprint density at radius 1 is 1.06 bits per heavy atom. The van der Waals surface area contributed by atoms with Crippen LogP contribution in [-0.2, 0) is 19.2 Å². The molecule has 2 fully saturated rings. The lowest BCUT2D eigenvalue weighted by Gasteiger charge is -2.29. The number of hydrogen-bond acceptors (Lipinski definition) is 5. The Morgan fingerprint density at radius 2 is 1.56 bits per heavy atom. The average Bonchev–Trinajstić information content (AvgIpc) is 2.66. The predicted octanol–water partition coefficient (Wildman–Crippen LogP) is -1.19. The molecule has 18 heavy (non-hydrogen) atoms. The summed E-state index contributed by atoms with van der Waals surface area (Å²) in [4.78, 5) is 48.8. The SMILES string of the molecule is CC1CC(=O)N(C(C)N2C(=O)CC(N)C2=O)C1=O. The molecule has 0 spiro atoms. The van der Waals surface area contributed by atoms with Gasteiger partial charge in [-0.1, -0.05) is 6.92 Å². The molecule has 2 aliphatic rings. The molecule has 3 unspecified atom stereocenters. The van der Waals surface area contributed by atoms with Crippen molar-refractivity contribution < 1.29 is 19.2 Å². The highest BCUT2D eigenvalue weighted by Crippen LogP contribution is 2.25. The monoisotopic (exact) mass is 253 g/mol. The molecule has 3 atom stereocenters. The summed E-state index contributed by atoms with van der Waals surface area (Å²) < 4.78 is 0. The maximum Gasteiger partial charge on any atom is 0.248 e. The van der Waals surface area contributed by atoms with E-state index in [9.17, 15) is 19.2 Å². The van der Waals surface area contributed by atoms with Crippen molar-refractivity contribution in [2.24, 2.45) is 11.7 Å². The van der Waals surface area contributed by atoms with E-state index in [2.05, 4.69) is 0 Å². The number of carbonyl (C=O) groups is 4. The highest BCUT2D eigenvalue weighted by Gasteiger charge is 2.46. The van der Waals surface area contributed by atoms with Crippen LogP contribution >= 0.6 is 0 Å². The Bertz CT molecular complexity index is 408. The number of carbonyl (C=O) groups excluding carboxylic acids is 4. The largest absolute Gasteiger partial charge is 0.319 e. The van der Waals surface area contributed by atoms with Crippen LogP contribution in [-0.4, -0.2) is 45.6 Å². The van der Waals surface area contributed by atoms with Crippen LogP contribution in [0.3, 0.4) is 0 Å². The quantitative estimate of drug-likeness (QED) is 0.624. The Balaban J connectivity index is 2.24. The van der Waals surface area contributed by atoms with Crippen LogP contribution in [0.15, 0.2) is 0 Å². The third kappa shape index (κ3) is 1.71. The number of rotatable bonds is 2. The number of imide groups is 2. The Labute approximate surface area is 104 Å². The minimum absolute atomic E-state index is 0.0745. The number of hydrogen-bond donors (Lipinski definition) is 1. The first-order chi connectivity index (χ1) is 8.34. The van der Waals surface area contributed by atoms with Gasteiger partial charge in [-0.3, -0.25) is 29.0 Å². The number of nitrogens with zero attached hydrogens (tertiary/aromatic N) is 2. The van der Waals surface area contributed by atoms with Crippen molar-refractivity contribution in [3.05, 3.63) is 0 Å². The fourth-order valence-corrected chi connectivity index (χ4v) is 2.38. The zero-order chi connectivity index (χ0) is 13.6. The molecule has 2 aliphatic heterocycles. The molecule has 7 heteroatoms. The molecule has 0 radical (unpaired) electrons. The predicted molar refractivity (Wildman–Crippen MR) is 59.5 cm³/mol. The van der Waals surface area contributed by atoms with Gasteiger partial charge in [-0.2, -0.15) is 0 Å². The normalized spacial score (nSPS) is 30.6. The van der Waals surface area contributed by atoms with E-state index in [-0.39, 0.29) is 24.7 Å². The Hall–Kier alpha value is -1.76. The first-order valence-corrected chi connectivity index (χ1v) is 5.82. The second-order valence-corrected chi connectivity index (χ2v) is 4.75. The molecule has 2 N–H and O–H groups in total. The third-order valence-corrected chi connectivity index (χ3v) is 3.37. The van der Waals surface area contributed by atoms with E-state index >= 15 is 0 Å². The molecule has 2 rings (SSSR count). The van der Waals surface area contributed by atoms with E-state index in [1.807, 2.05) is 0 Å². The topological polar surface area (TPSA) is 101 Å². The van der Waals surface area contributed by atoms with Crippen LogP contribution in [0.25, 0.3) is 0 Å². The van der Waals surface area contributed by atoms with Gasteiger partial charge in [-0.25, -0.2) is 0 Å². The van der Waals surface area contributed by atoms with Gasteiger partial charge in [0.05, 0.1) is 12.5 Å². The smallest absolute Gasteiger partial charge is 0.248 e. The van der Waals surface area contributed by atoms with E-state index in [1.54, 1.807) is 6.92 Å². The Kier molecular flexibility index (Phi) is 2.94. The van der Waals surface area contributed by atoms with Gasteiger partial charge < -0.3 is 5.73 Å². The first-order valence-electron chi connectivity index (χ1n) is 5.82. The van der Waals surface area contributed by atoms with Crippen LogP contribution in [0, 0.1) is 5.92 Å². The van der Waals surface area contributed by atoms with E-state index in [1.165, 1.54) is 6.92 Å². The summed E-state index contributed by atoms with van der Waals surface area (Å²) in [5.41, 5.74) is 5.49. The van der Waals surface area contributed by atoms with Gasteiger partial charge in [-0.05, 0) is 6.92 Å². The van der Waals surface area contributed by atoms with Crippen molar-refractivity contribution in [1.29, 1.82) is 0 Å². The molecular weight excluding hydrogens is 238 g/mol. The van der Waals surface area contributed by atoms with Gasteiger partial charge in [0, 0.05) is 12.3 Å².